The predicted molar refractivity (Wildman–Crippen MR) is 73.4 cm³/mol. The zero-order valence-corrected chi connectivity index (χ0v) is 10.7. The van der Waals surface area contributed by atoms with Gasteiger partial charge in [-0.25, -0.2) is 0 Å². The molecule has 2 aromatic carbocycles. The van der Waals surface area contributed by atoms with Gasteiger partial charge in [-0.2, -0.15) is 0 Å². The minimum Gasteiger partial charge on any atom is -0.508 e. The van der Waals surface area contributed by atoms with Crippen LogP contribution in [0, 0.1) is 6.92 Å². The van der Waals surface area contributed by atoms with Crippen LogP contribution in [0.2, 0.25) is 0 Å². The molecule has 0 atom stereocenters. The van der Waals surface area contributed by atoms with Crippen molar-refractivity contribution in [1.82, 2.24) is 0 Å². The normalized spacial score (nSPS) is 9.65. The van der Waals surface area contributed by atoms with Crippen LogP contribution in [0.4, 0.5) is 0 Å². The number of benzene rings is 2. The van der Waals surface area contributed by atoms with Gasteiger partial charge in [0.25, 0.3) is 0 Å². The fraction of sp³-hybridized carbons (Fsp3) is 0.250. The number of aryl methyl sites for hydroxylation is 1. The molecule has 0 spiro atoms. The molecular weight excluding hydrogens is 208 g/mol. The van der Waals surface area contributed by atoms with E-state index in [-0.39, 0.29) is 0 Å². The van der Waals surface area contributed by atoms with Crippen molar-refractivity contribution in [2.24, 2.45) is 0 Å². The molecule has 2 rings (SSSR count). The highest BCUT2D eigenvalue weighted by Gasteiger charge is 1.96. The van der Waals surface area contributed by atoms with E-state index in [1.54, 1.807) is 24.3 Å². The largest absolute Gasteiger partial charge is 0.508 e. The Hall–Kier alpha value is -1.76. The van der Waals surface area contributed by atoms with Crippen LogP contribution in [0.1, 0.15) is 30.9 Å². The number of hydrogen-bond donors (Lipinski definition) is 1. The Balaban J connectivity index is 0.000000181. The summed E-state index contributed by atoms with van der Waals surface area (Å²) in [6.45, 7) is 6.56. The molecule has 0 fully saturated rings. The molecule has 17 heavy (non-hydrogen) atoms. The summed E-state index contributed by atoms with van der Waals surface area (Å²) >= 11 is 0. The van der Waals surface area contributed by atoms with E-state index in [1.807, 2.05) is 6.07 Å². The van der Waals surface area contributed by atoms with Crippen LogP contribution in [0.5, 0.6) is 5.75 Å². The van der Waals surface area contributed by atoms with Gasteiger partial charge >= 0.3 is 0 Å². The first-order chi connectivity index (χ1) is 8.09. The minimum atomic E-state index is 0.322. The Bertz CT molecular complexity index is 432. The fourth-order valence-corrected chi connectivity index (χ4v) is 1.46. The molecule has 0 saturated heterocycles. The summed E-state index contributed by atoms with van der Waals surface area (Å²) in [5.41, 5.74) is 2.78. The zero-order valence-electron chi connectivity index (χ0n) is 10.7. The molecule has 0 aliphatic heterocycles. The third-order valence-corrected chi connectivity index (χ3v) is 2.46. The zero-order chi connectivity index (χ0) is 12.7. The Morgan fingerprint density at radius 3 is 1.88 bits per heavy atom. The average Bonchev–Trinajstić information content (AvgIpc) is 2.31. The maximum Gasteiger partial charge on any atom is 0.115 e. The van der Waals surface area contributed by atoms with Crippen LogP contribution in [0.25, 0.3) is 0 Å². The quantitative estimate of drug-likeness (QED) is 0.761. The molecular formula is C16H20O. The molecule has 2 aromatic rings. The molecule has 1 N–H and O–H groups in total. The van der Waals surface area contributed by atoms with Gasteiger partial charge in [0.15, 0.2) is 0 Å². The Kier molecular flexibility index (Phi) is 5.28. The second-order valence-corrected chi connectivity index (χ2v) is 4.40. The van der Waals surface area contributed by atoms with Crippen molar-refractivity contribution in [3.63, 3.8) is 0 Å². The smallest absolute Gasteiger partial charge is 0.115 e. The number of aromatic hydroxyl groups is 1. The summed E-state index contributed by atoms with van der Waals surface area (Å²) < 4.78 is 0. The standard InChI is InChI=1S/C10H14.C6H6O/c1-8(2)10-6-4-5-9(3)7-10;7-6-4-2-1-3-5-6/h4-8H,1-3H3;1-5,7H. The number of phenolic OH excluding ortho intramolecular Hbond substituents is 1. The highest BCUT2D eigenvalue weighted by atomic mass is 16.3. The summed E-state index contributed by atoms with van der Waals surface area (Å²) in [5, 5.41) is 8.63. The van der Waals surface area contributed by atoms with E-state index >= 15 is 0 Å². The van der Waals surface area contributed by atoms with E-state index in [2.05, 4.69) is 45.0 Å². The van der Waals surface area contributed by atoms with Gasteiger partial charge in [-0.1, -0.05) is 61.9 Å². The van der Waals surface area contributed by atoms with Crippen molar-refractivity contribution in [3.05, 3.63) is 65.7 Å². The molecule has 0 unspecified atom stereocenters. The topological polar surface area (TPSA) is 20.2 Å². The molecule has 0 heterocycles. The molecule has 0 aromatic heterocycles. The summed E-state index contributed by atoms with van der Waals surface area (Å²) in [5.74, 6) is 0.974. The lowest BCUT2D eigenvalue weighted by Gasteiger charge is -2.04. The minimum absolute atomic E-state index is 0.322. The van der Waals surface area contributed by atoms with Crippen molar-refractivity contribution < 1.29 is 5.11 Å². The van der Waals surface area contributed by atoms with E-state index in [1.165, 1.54) is 11.1 Å². The van der Waals surface area contributed by atoms with Gasteiger partial charge in [0.05, 0.1) is 0 Å². The Morgan fingerprint density at radius 2 is 1.53 bits per heavy atom. The van der Waals surface area contributed by atoms with Gasteiger partial charge in [0, 0.05) is 0 Å². The molecule has 0 amide bonds. The van der Waals surface area contributed by atoms with Crippen molar-refractivity contribution in [1.29, 1.82) is 0 Å². The molecule has 0 aliphatic carbocycles. The van der Waals surface area contributed by atoms with Crippen molar-refractivity contribution >= 4 is 0 Å². The van der Waals surface area contributed by atoms with Crippen LogP contribution in [0.3, 0.4) is 0 Å². The maximum atomic E-state index is 8.63. The average molecular weight is 228 g/mol. The first-order valence-electron chi connectivity index (χ1n) is 5.90. The number of para-hydroxylation sites is 1. The van der Waals surface area contributed by atoms with E-state index in [0.29, 0.717) is 11.7 Å². The SMILES string of the molecule is Cc1cccc(C(C)C)c1.Oc1ccccc1. The highest BCUT2D eigenvalue weighted by Crippen LogP contribution is 2.14. The summed E-state index contributed by atoms with van der Waals surface area (Å²) in [4.78, 5) is 0. The van der Waals surface area contributed by atoms with Gasteiger partial charge in [-0.05, 0) is 30.5 Å². The molecule has 90 valence electrons. The van der Waals surface area contributed by atoms with Gasteiger partial charge in [0.2, 0.25) is 0 Å². The van der Waals surface area contributed by atoms with Crippen molar-refractivity contribution in [3.8, 4) is 5.75 Å². The van der Waals surface area contributed by atoms with Crippen LogP contribution in [-0.2, 0) is 0 Å². The summed E-state index contributed by atoms with van der Waals surface area (Å²) in [6, 6.07) is 17.4. The van der Waals surface area contributed by atoms with Crippen LogP contribution in [0.15, 0.2) is 54.6 Å². The van der Waals surface area contributed by atoms with E-state index in [0.717, 1.165) is 0 Å². The molecule has 0 saturated carbocycles. The number of hydrogen-bond acceptors (Lipinski definition) is 1. The third-order valence-electron chi connectivity index (χ3n) is 2.46. The number of phenols is 1. The Morgan fingerprint density at radius 1 is 0.882 bits per heavy atom. The van der Waals surface area contributed by atoms with Gasteiger partial charge in [0.1, 0.15) is 5.75 Å². The van der Waals surface area contributed by atoms with Gasteiger partial charge in [-0.15, -0.1) is 0 Å². The van der Waals surface area contributed by atoms with E-state index < -0.39 is 0 Å². The molecule has 0 aliphatic rings. The summed E-state index contributed by atoms with van der Waals surface area (Å²) in [7, 11) is 0. The lowest BCUT2D eigenvalue weighted by molar-refractivity contribution is 0.475. The number of rotatable bonds is 1. The lowest BCUT2D eigenvalue weighted by Crippen LogP contribution is -1.86. The van der Waals surface area contributed by atoms with Crippen molar-refractivity contribution in [2.45, 2.75) is 26.7 Å². The second-order valence-electron chi connectivity index (χ2n) is 4.40. The molecule has 1 heteroatoms. The lowest BCUT2D eigenvalue weighted by atomic mass is 10.0. The second kappa shape index (κ2) is 6.74. The first kappa shape index (κ1) is 13.3. The van der Waals surface area contributed by atoms with Crippen LogP contribution in [-0.4, -0.2) is 5.11 Å². The van der Waals surface area contributed by atoms with E-state index in [4.69, 9.17) is 5.11 Å². The first-order valence-corrected chi connectivity index (χ1v) is 5.90. The van der Waals surface area contributed by atoms with Gasteiger partial charge in [-0.3, -0.25) is 0 Å². The fourth-order valence-electron chi connectivity index (χ4n) is 1.46. The molecule has 0 bridgehead atoms. The third kappa shape index (κ3) is 5.21. The van der Waals surface area contributed by atoms with E-state index in [9.17, 15) is 0 Å². The van der Waals surface area contributed by atoms with Gasteiger partial charge < -0.3 is 5.11 Å². The van der Waals surface area contributed by atoms with Crippen LogP contribution >= 0.6 is 0 Å². The molecule has 1 nitrogen and oxygen atoms in total. The van der Waals surface area contributed by atoms with Crippen molar-refractivity contribution in [2.75, 3.05) is 0 Å². The summed E-state index contributed by atoms with van der Waals surface area (Å²) in [6.07, 6.45) is 0. The monoisotopic (exact) mass is 228 g/mol. The molecule has 0 radical (unpaired) electrons. The maximum absolute atomic E-state index is 8.63. The van der Waals surface area contributed by atoms with Crippen LogP contribution < -0.4 is 0 Å². The Labute approximate surface area is 104 Å². The highest BCUT2D eigenvalue weighted by molar-refractivity contribution is 5.24. The predicted octanol–water partition coefficient (Wildman–Crippen LogP) is 4.51.